The number of amides is 1. The third-order valence-corrected chi connectivity index (χ3v) is 7.78. The number of hydrogen-bond donors (Lipinski definition) is 1. The summed E-state index contributed by atoms with van der Waals surface area (Å²) in [5.41, 5.74) is 2.66. The summed E-state index contributed by atoms with van der Waals surface area (Å²) in [5.74, 6) is 0.434. The first-order valence-electron chi connectivity index (χ1n) is 9.96. The van der Waals surface area contributed by atoms with Gasteiger partial charge in [0.25, 0.3) is 0 Å². The lowest BCUT2D eigenvalue weighted by Crippen LogP contribution is -2.35. The quantitative estimate of drug-likeness (QED) is 0.312. The minimum atomic E-state index is 0.0555. The average Bonchev–Trinajstić information content (AvgIpc) is 3.11. The van der Waals surface area contributed by atoms with Gasteiger partial charge in [0, 0.05) is 16.3 Å². The predicted octanol–water partition coefficient (Wildman–Crippen LogP) is 5.13. The Hall–Kier alpha value is -1.57. The molecule has 1 aliphatic rings. The van der Waals surface area contributed by atoms with Gasteiger partial charge in [-0.1, -0.05) is 53.9 Å². The standard InChI is InChI=1S/C22H25N3OS3/c1-14(12-15-8-4-3-5-9-15)23-18(26)13-28-20-19-16-10-6-7-11-17(16)29-21(19)25-22(24-20)27-2/h3-5,8-9,14H,6-7,10-13H2,1-2H3,(H,23,26)/t14-/m0/s1. The van der Waals surface area contributed by atoms with E-state index in [2.05, 4.69) is 24.4 Å². The third-order valence-electron chi connectivity index (χ3n) is 5.08. The first-order chi connectivity index (χ1) is 14.1. The molecule has 1 atom stereocenters. The van der Waals surface area contributed by atoms with E-state index < -0.39 is 0 Å². The number of nitrogens with zero attached hydrogens (tertiary/aromatic N) is 2. The van der Waals surface area contributed by atoms with E-state index in [1.807, 2.05) is 35.8 Å². The van der Waals surface area contributed by atoms with Gasteiger partial charge < -0.3 is 5.32 Å². The second-order valence-corrected chi connectivity index (χ2v) is 10.2. The van der Waals surface area contributed by atoms with Crippen LogP contribution in [0.5, 0.6) is 0 Å². The summed E-state index contributed by atoms with van der Waals surface area (Å²) in [7, 11) is 0. The Morgan fingerprint density at radius 3 is 2.79 bits per heavy atom. The molecule has 4 rings (SSSR count). The number of rotatable bonds is 7. The van der Waals surface area contributed by atoms with Crippen LogP contribution in [-0.2, 0) is 24.1 Å². The van der Waals surface area contributed by atoms with Crippen molar-refractivity contribution in [3.63, 3.8) is 0 Å². The van der Waals surface area contributed by atoms with Crippen molar-refractivity contribution < 1.29 is 4.79 Å². The highest BCUT2D eigenvalue weighted by Gasteiger charge is 2.22. The summed E-state index contributed by atoms with van der Waals surface area (Å²) in [6, 6.07) is 10.4. The predicted molar refractivity (Wildman–Crippen MR) is 124 cm³/mol. The number of thiophene rings is 1. The minimum Gasteiger partial charge on any atom is -0.353 e. The number of hydrogen-bond acceptors (Lipinski definition) is 6. The van der Waals surface area contributed by atoms with E-state index >= 15 is 0 Å². The Morgan fingerprint density at radius 1 is 1.21 bits per heavy atom. The SMILES string of the molecule is CSc1nc(SCC(=O)N[C@@H](C)Cc2ccccc2)c2c3c(sc2n1)CCCC3. The van der Waals surface area contributed by atoms with Crippen LogP contribution in [0.2, 0.25) is 0 Å². The van der Waals surface area contributed by atoms with Crippen LogP contribution in [0, 0.1) is 0 Å². The molecule has 1 N–H and O–H groups in total. The van der Waals surface area contributed by atoms with Gasteiger partial charge in [-0.3, -0.25) is 4.79 Å². The highest BCUT2D eigenvalue weighted by molar-refractivity contribution is 8.00. The van der Waals surface area contributed by atoms with Crippen LogP contribution in [0.15, 0.2) is 40.5 Å². The van der Waals surface area contributed by atoms with Crippen molar-refractivity contribution >= 4 is 51.0 Å². The van der Waals surface area contributed by atoms with Gasteiger partial charge in [0.1, 0.15) is 9.86 Å². The van der Waals surface area contributed by atoms with E-state index in [1.54, 1.807) is 23.5 Å². The summed E-state index contributed by atoms with van der Waals surface area (Å²) in [4.78, 5) is 24.6. The molecule has 0 spiro atoms. The molecule has 29 heavy (non-hydrogen) atoms. The highest BCUT2D eigenvalue weighted by atomic mass is 32.2. The fourth-order valence-electron chi connectivity index (χ4n) is 3.77. The number of thioether (sulfide) groups is 2. The Labute approximate surface area is 184 Å². The second-order valence-electron chi connectivity index (χ2n) is 7.35. The van der Waals surface area contributed by atoms with Crippen LogP contribution < -0.4 is 5.32 Å². The smallest absolute Gasteiger partial charge is 0.230 e. The van der Waals surface area contributed by atoms with Gasteiger partial charge in [0.15, 0.2) is 5.16 Å². The van der Waals surface area contributed by atoms with Gasteiger partial charge in [0.2, 0.25) is 5.91 Å². The van der Waals surface area contributed by atoms with Crippen LogP contribution in [-0.4, -0.2) is 33.9 Å². The van der Waals surface area contributed by atoms with Crippen molar-refractivity contribution in [2.75, 3.05) is 12.0 Å². The van der Waals surface area contributed by atoms with Crippen LogP contribution >= 0.6 is 34.9 Å². The molecule has 2 heterocycles. The van der Waals surface area contributed by atoms with Crippen LogP contribution in [0.1, 0.15) is 35.8 Å². The van der Waals surface area contributed by atoms with Crippen molar-refractivity contribution in [2.24, 2.45) is 0 Å². The second kappa shape index (κ2) is 9.49. The van der Waals surface area contributed by atoms with E-state index in [4.69, 9.17) is 9.97 Å². The van der Waals surface area contributed by atoms with E-state index in [9.17, 15) is 4.79 Å². The molecule has 3 aromatic rings. The fourth-order valence-corrected chi connectivity index (χ4v) is 6.44. The molecular formula is C22H25N3OS3. The number of carbonyl (C=O) groups excluding carboxylic acids is 1. The number of aromatic nitrogens is 2. The van der Waals surface area contributed by atoms with Crippen LogP contribution in [0.3, 0.4) is 0 Å². The molecule has 1 aliphatic carbocycles. The molecule has 0 radical (unpaired) electrons. The molecular weight excluding hydrogens is 418 g/mol. The number of fused-ring (bicyclic) bond motifs is 3. The van der Waals surface area contributed by atoms with Gasteiger partial charge in [-0.15, -0.1) is 11.3 Å². The molecule has 2 aromatic heterocycles. The van der Waals surface area contributed by atoms with E-state index in [-0.39, 0.29) is 11.9 Å². The summed E-state index contributed by atoms with van der Waals surface area (Å²) >= 11 is 4.92. The molecule has 0 saturated carbocycles. The Kier molecular flexibility index (Phi) is 6.77. The Bertz CT molecular complexity index is 1000. The molecule has 1 amide bonds. The van der Waals surface area contributed by atoms with Gasteiger partial charge in [0.05, 0.1) is 5.75 Å². The van der Waals surface area contributed by atoms with Crippen molar-refractivity contribution in [3.8, 4) is 0 Å². The zero-order chi connectivity index (χ0) is 20.2. The summed E-state index contributed by atoms with van der Waals surface area (Å²) in [6.45, 7) is 2.06. The van der Waals surface area contributed by atoms with Crippen molar-refractivity contribution in [1.29, 1.82) is 0 Å². The number of carbonyl (C=O) groups is 1. The monoisotopic (exact) mass is 443 g/mol. The lowest BCUT2D eigenvalue weighted by atomic mass is 9.97. The average molecular weight is 444 g/mol. The maximum absolute atomic E-state index is 12.6. The molecule has 0 fully saturated rings. The van der Waals surface area contributed by atoms with Gasteiger partial charge in [-0.25, -0.2) is 9.97 Å². The molecule has 0 aliphatic heterocycles. The molecule has 0 saturated heterocycles. The van der Waals surface area contributed by atoms with Crippen LogP contribution in [0.4, 0.5) is 0 Å². The summed E-state index contributed by atoms with van der Waals surface area (Å²) in [5, 5.41) is 6.07. The zero-order valence-corrected chi connectivity index (χ0v) is 19.2. The Morgan fingerprint density at radius 2 is 2.00 bits per heavy atom. The third kappa shape index (κ3) is 4.95. The zero-order valence-electron chi connectivity index (χ0n) is 16.7. The first kappa shape index (κ1) is 20.7. The minimum absolute atomic E-state index is 0.0555. The van der Waals surface area contributed by atoms with E-state index in [0.717, 1.165) is 34.3 Å². The van der Waals surface area contributed by atoms with Crippen LogP contribution in [0.25, 0.3) is 10.2 Å². The molecule has 7 heteroatoms. The fraction of sp³-hybridized carbons (Fsp3) is 0.409. The molecule has 0 unspecified atom stereocenters. The van der Waals surface area contributed by atoms with E-state index in [1.165, 1.54) is 34.2 Å². The maximum Gasteiger partial charge on any atom is 0.230 e. The van der Waals surface area contributed by atoms with Gasteiger partial charge >= 0.3 is 0 Å². The lowest BCUT2D eigenvalue weighted by Gasteiger charge is -2.14. The largest absolute Gasteiger partial charge is 0.353 e. The lowest BCUT2D eigenvalue weighted by molar-refractivity contribution is -0.119. The van der Waals surface area contributed by atoms with Crippen molar-refractivity contribution in [3.05, 3.63) is 46.3 Å². The van der Waals surface area contributed by atoms with Crippen molar-refractivity contribution in [1.82, 2.24) is 15.3 Å². The highest BCUT2D eigenvalue weighted by Crippen LogP contribution is 2.40. The Balaban J connectivity index is 1.46. The number of nitrogens with one attached hydrogen (secondary N) is 1. The summed E-state index contributed by atoms with van der Waals surface area (Å²) in [6.07, 6.45) is 7.57. The topological polar surface area (TPSA) is 54.9 Å². The maximum atomic E-state index is 12.6. The normalized spacial score (nSPS) is 14.6. The number of aryl methyl sites for hydroxylation is 2. The number of benzene rings is 1. The summed E-state index contributed by atoms with van der Waals surface area (Å²) < 4.78 is 0. The van der Waals surface area contributed by atoms with Gasteiger partial charge in [-0.2, -0.15) is 0 Å². The first-order valence-corrected chi connectivity index (χ1v) is 13.0. The molecule has 0 bridgehead atoms. The molecule has 4 nitrogen and oxygen atoms in total. The molecule has 152 valence electrons. The van der Waals surface area contributed by atoms with Gasteiger partial charge in [-0.05, 0) is 56.4 Å². The van der Waals surface area contributed by atoms with E-state index in [0.29, 0.717) is 5.75 Å². The van der Waals surface area contributed by atoms with Crippen molar-refractivity contribution in [2.45, 2.75) is 55.3 Å². The molecule has 1 aromatic carbocycles.